The molecule has 0 unspecified atom stereocenters. The second kappa shape index (κ2) is 6.34. The minimum absolute atomic E-state index is 0.0277. The number of aliphatic hydroxyl groups excluding tert-OH is 1. The summed E-state index contributed by atoms with van der Waals surface area (Å²) in [5.74, 6) is -0.258. The first-order valence-electron chi connectivity index (χ1n) is 4.51. The molecule has 0 heterocycles. The van der Waals surface area contributed by atoms with E-state index in [0.717, 1.165) is 5.69 Å². The van der Waals surface area contributed by atoms with Crippen LogP contribution in [0.4, 0.5) is 10.1 Å². The van der Waals surface area contributed by atoms with E-state index in [1.54, 1.807) is 12.1 Å². The van der Waals surface area contributed by atoms with Crippen LogP contribution < -0.4 is 5.32 Å². The van der Waals surface area contributed by atoms with Crippen molar-refractivity contribution in [2.75, 3.05) is 31.7 Å². The second-order valence-corrected chi connectivity index (χ2v) is 2.77. The number of ether oxygens (including phenoxy) is 1. The highest BCUT2D eigenvalue weighted by molar-refractivity contribution is 5.42. The summed E-state index contributed by atoms with van der Waals surface area (Å²) in [6.45, 7) is 1.46. The summed E-state index contributed by atoms with van der Waals surface area (Å²) in [5.41, 5.74) is 0.734. The third kappa shape index (κ3) is 4.20. The zero-order valence-corrected chi connectivity index (χ0v) is 7.87. The summed E-state index contributed by atoms with van der Waals surface area (Å²) >= 11 is 0. The third-order valence-corrected chi connectivity index (χ3v) is 1.64. The Balaban J connectivity index is 2.18. The second-order valence-electron chi connectivity index (χ2n) is 2.77. The van der Waals surface area contributed by atoms with Crippen LogP contribution in [0.5, 0.6) is 0 Å². The molecule has 0 radical (unpaired) electrons. The molecule has 0 atom stereocenters. The summed E-state index contributed by atoms with van der Waals surface area (Å²) in [4.78, 5) is 0. The summed E-state index contributed by atoms with van der Waals surface area (Å²) in [6.07, 6.45) is 0. The van der Waals surface area contributed by atoms with E-state index < -0.39 is 0 Å². The van der Waals surface area contributed by atoms with Crippen molar-refractivity contribution in [3.8, 4) is 0 Å². The van der Waals surface area contributed by atoms with Gasteiger partial charge in [-0.2, -0.15) is 0 Å². The normalized spacial score (nSPS) is 10.1. The predicted molar refractivity (Wildman–Crippen MR) is 52.8 cm³/mol. The van der Waals surface area contributed by atoms with Gasteiger partial charge in [0.15, 0.2) is 0 Å². The van der Waals surface area contributed by atoms with E-state index in [2.05, 4.69) is 5.32 Å². The van der Waals surface area contributed by atoms with Crippen molar-refractivity contribution in [1.82, 2.24) is 0 Å². The molecule has 1 aromatic rings. The average molecular weight is 199 g/mol. The SMILES string of the molecule is OCCOCCNc1cccc(F)c1. The number of halogens is 1. The number of nitrogens with one attached hydrogen (secondary N) is 1. The van der Waals surface area contributed by atoms with Crippen molar-refractivity contribution < 1.29 is 14.2 Å². The number of rotatable bonds is 6. The Labute approximate surface area is 82.5 Å². The zero-order valence-electron chi connectivity index (χ0n) is 7.87. The molecule has 2 N–H and O–H groups in total. The Bertz CT molecular complexity index is 268. The van der Waals surface area contributed by atoms with E-state index in [9.17, 15) is 4.39 Å². The monoisotopic (exact) mass is 199 g/mol. The molecule has 4 heteroatoms. The van der Waals surface area contributed by atoms with Gasteiger partial charge in [-0.15, -0.1) is 0 Å². The molecule has 78 valence electrons. The zero-order chi connectivity index (χ0) is 10.2. The van der Waals surface area contributed by atoms with Gasteiger partial charge in [-0.3, -0.25) is 0 Å². The molecule has 3 nitrogen and oxygen atoms in total. The highest BCUT2D eigenvalue weighted by Crippen LogP contribution is 2.07. The van der Waals surface area contributed by atoms with Crippen molar-refractivity contribution in [2.24, 2.45) is 0 Å². The minimum atomic E-state index is -0.258. The fourth-order valence-corrected chi connectivity index (χ4v) is 1.03. The van der Waals surface area contributed by atoms with Gasteiger partial charge in [0.1, 0.15) is 5.82 Å². The Morgan fingerprint density at radius 1 is 1.36 bits per heavy atom. The topological polar surface area (TPSA) is 41.5 Å². The maximum Gasteiger partial charge on any atom is 0.125 e. The number of aliphatic hydroxyl groups is 1. The van der Waals surface area contributed by atoms with E-state index in [0.29, 0.717) is 19.8 Å². The molecule has 0 aliphatic heterocycles. The molecule has 0 fully saturated rings. The molecule has 0 aliphatic carbocycles. The molecule has 0 spiro atoms. The summed E-state index contributed by atoms with van der Waals surface area (Å²) in [7, 11) is 0. The first-order chi connectivity index (χ1) is 6.83. The molecule has 0 amide bonds. The van der Waals surface area contributed by atoms with E-state index >= 15 is 0 Å². The first-order valence-corrected chi connectivity index (χ1v) is 4.51. The van der Waals surface area contributed by atoms with Crippen LogP contribution in [0.15, 0.2) is 24.3 Å². The molecule has 0 aromatic heterocycles. The average Bonchev–Trinajstić information content (AvgIpc) is 2.18. The summed E-state index contributed by atoms with van der Waals surface area (Å²) < 4.78 is 17.7. The Kier molecular flexibility index (Phi) is 4.96. The molecule has 1 rings (SSSR count). The van der Waals surface area contributed by atoms with Crippen LogP contribution in [0, 0.1) is 5.82 Å². The quantitative estimate of drug-likeness (QED) is 0.677. The van der Waals surface area contributed by atoms with Crippen LogP contribution in [-0.4, -0.2) is 31.5 Å². The van der Waals surface area contributed by atoms with E-state index in [-0.39, 0.29) is 12.4 Å². The number of hydrogen-bond acceptors (Lipinski definition) is 3. The fraction of sp³-hybridized carbons (Fsp3) is 0.400. The van der Waals surface area contributed by atoms with Crippen LogP contribution in [0.1, 0.15) is 0 Å². The number of benzene rings is 1. The van der Waals surface area contributed by atoms with Crippen LogP contribution >= 0.6 is 0 Å². The highest BCUT2D eigenvalue weighted by atomic mass is 19.1. The molecule has 14 heavy (non-hydrogen) atoms. The smallest absolute Gasteiger partial charge is 0.125 e. The first kappa shape index (κ1) is 10.9. The van der Waals surface area contributed by atoms with Gasteiger partial charge < -0.3 is 15.2 Å². The number of hydrogen-bond donors (Lipinski definition) is 2. The Hall–Kier alpha value is -1.13. The molecule has 1 aromatic carbocycles. The molecule has 0 aliphatic rings. The maximum absolute atomic E-state index is 12.7. The van der Waals surface area contributed by atoms with Crippen molar-refractivity contribution in [2.45, 2.75) is 0 Å². The van der Waals surface area contributed by atoms with Crippen LogP contribution in [0.25, 0.3) is 0 Å². The van der Waals surface area contributed by atoms with Crippen molar-refractivity contribution >= 4 is 5.69 Å². The van der Waals surface area contributed by atoms with Gasteiger partial charge in [-0.25, -0.2) is 4.39 Å². The Morgan fingerprint density at radius 2 is 2.21 bits per heavy atom. The lowest BCUT2D eigenvalue weighted by Crippen LogP contribution is -2.11. The van der Waals surface area contributed by atoms with Gasteiger partial charge in [0.2, 0.25) is 0 Å². The third-order valence-electron chi connectivity index (χ3n) is 1.64. The van der Waals surface area contributed by atoms with Crippen molar-refractivity contribution in [3.63, 3.8) is 0 Å². The molecule has 0 saturated carbocycles. The molecular formula is C10H14FNO2. The van der Waals surface area contributed by atoms with Crippen LogP contribution in [0.2, 0.25) is 0 Å². The van der Waals surface area contributed by atoms with Crippen molar-refractivity contribution in [3.05, 3.63) is 30.1 Å². The summed E-state index contributed by atoms with van der Waals surface area (Å²) in [6, 6.07) is 6.25. The predicted octanol–water partition coefficient (Wildman–Crippen LogP) is 1.25. The highest BCUT2D eigenvalue weighted by Gasteiger charge is 1.93. The van der Waals surface area contributed by atoms with Crippen LogP contribution in [0.3, 0.4) is 0 Å². The van der Waals surface area contributed by atoms with Gasteiger partial charge >= 0.3 is 0 Å². The number of anilines is 1. The van der Waals surface area contributed by atoms with Gasteiger partial charge in [-0.1, -0.05) is 6.07 Å². The van der Waals surface area contributed by atoms with Crippen LogP contribution in [-0.2, 0) is 4.74 Å². The van der Waals surface area contributed by atoms with Gasteiger partial charge in [0.25, 0.3) is 0 Å². The standard InChI is InChI=1S/C10H14FNO2/c11-9-2-1-3-10(8-9)12-4-6-14-7-5-13/h1-3,8,12-13H,4-7H2. The molecule has 0 bridgehead atoms. The lowest BCUT2D eigenvalue weighted by molar-refractivity contribution is 0.0992. The fourth-order valence-electron chi connectivity index (χ4n) is 1.03. The van der Waals surface area contributed by atoms with E-state index in [1.807, 2.05) is 0 Å². The minimum Gasteiger partial charge on any atom is -0.394 e. The van der Waals surface area contributed by atoms with Gasteiger partial charge in [0.05, 0.1) is 19.8 Å². The van der Waals surface area contributed by atoms with E-state index in [1.165, 1.54) is 12.1 Å². The molecule has 0 saturated heterocycles. The van der Waals surface area contributed by atoms with Gasteiger partial charge in [0, 0.05) is 12.2 Å². The lowest BCUT2D eigenvalue weighted by Gasteiger charge is -2.06. The lowest BCUT2D eigenvalue weighted by atomic mass is 10.3. The van der Waals surface area contributed by atoms with E-state index in [4.69, 9.17) is 9.84 Å². The summed E-state index contributed by atoms with van der Waals surface area (Å²) in [5, 5.41) is 11.4. The largest absolute Gasteiger partial charge is 0.394 e. The van der Waals surface area contributed by atoms with Gasteiger partial charge in [-0.05, 0) is 18.2 Å². The van der Waals surface area contributed by atoms with Crippen molar-refractivity contribution in [1.29, 1.82) is 0 Å². The Morgan fingerprint density at radius 3 is 2.93 bits per heavy atom. The molecular weight excluding hydrogens is 185 g/mol. The maximum atomic E-state index is 12.7.